The summed E-state index contributed by atoms with van der Waals surface area (Å²) in [5.74, 6) is 2.23. The Balaban J connectivity index is 0.000000150. The number of aromatic amines is 3. The molecule has 2 unspecified atom stereocenters. The Morgan fingerprint density at radius 2 is 0.912 bits per heavy atom. The van der Waals surface area contributed by atoms with Gasteiger partial charge in [-0.05, 0) is 225 Å². The number of hydrogen-bond acceptors (Lipinski definition) is 21. The van der Waals surface area contributed by atoms with Crippen LogP contribution in [0.3, 0.4) is 0 Å². The van der Waals surface area contributed by atoms with E-state index in [4.69, 9.17) is 4.74 Å². The van der Waals surface area contributed by atoms with Crippen molar-refractivity contribution >= 4 is 85.3 Å². The molecule has 12 aromatic rings. The number of nitrogens with one attached hydrogen (secondary N) is 6. The van der Waals surface area contributed by atoms with Crippen LogP contribution >= 0.6 is 0 Å². The number of aromatic nitrogens is 12. The second-order valence-electron chi connectivity index (χ2n) is 29.4. The molecule has 114 heavy (non-hydrogen) atoms. The van der Waals surface area contributed by atoms with Gasteiger partial charge in [0, 0.05) is 165 Å². The molecule has 7 N–H and O–H groups in total. The lowest BCUT2D eigenvalue weighted by Gasteiger charge is -2.36. The second kappa shape index (κ2) is 39.8. The largest absolute Gasteiger partial charge is 0.390 e. The number of piperidine rings is 2. The van der Waals surface area contributed by atoms with Crippen molar-refractivity contribution in [1.29, 1.82) is 0 Å². The van der Waals surface area contributed by atoms with Gasteiger partial charge >= 0.3 is 0 Å². The molecule has 27 heteroatoms. The highest BCUT2D eigenvalue weighted by molar-refractivity contribution is 6.01. The van der Waals surface area contributed by atoms with Gasteiger partial charge in [0.15, 0.2) is 0 Å². The van der Waals surface area contributed by atoms with E-state index in [-0.39, 0.29) is 23.8 Å². The van der Waals surface area contributed by atoms with Gasteiger partial charge in [-0.3, -0.25) is 34.2 Å². The summed E-state index contributed by atoms with van der Waals surface area (Å²) in [7, 11) is 4.16. The van der Waals surface area contributed by atoms with E-state index in [0.717, 1.165) is 208 Å². The van der Waals surface area contributed by atoms with Crippen LogP contribution in [-0.4, -0.2) is 255 Å². The van der Waals surface area contributed by atoms with Gasteiger partial charge in [-0.25, -0.2) is 29.9 Å². The monoisotopic (exact) mass is 1540 g/mol. The molecular formula is C87H106N22O5. The third-order valence-electron chi connectivity index (χ3n) is 21.4. The molecule has 3 aromatic carbocycles. The van der Waals surface area contributed by atoms with Crippen LogP contribution in [0.2, 0.25) is 0 Å². The zero-order chi connectivity index (χ0) is 79.1. The zero-order valence-corrected chi connectivity index (χ0v) is 66.3. The molecular weight excluding hydrogens is 1430 g/mol. The first-order valence-electron chi connectivity index (χ1n) is 40.1. The van der Waals surface area contributed by atoms with E-state index >= 15 is 0 Å². The normalized spacial score (nSPS) is 15.1. The number of nitrogens with zero attached hydrogens (tertiary/aromatic N) is 16. The summed E-state index contributed by atoms with van der Waals surface area (Å²) in [6.07, 6.45) is 17.4. The molecule has 0 saturated carbocycles. The van der Waals surface area contributed by atoms with E-state index in [0.29, 0.717) is 73.1 Å². The van der Waals surface area contributed by atoms with Gasteiger partial charge in [-0.15, -0.1) is 0 Å². The van der Waals surface area contributed by atoms with Crippen molar-refractivity contribution in [2.45, 2.75) is 84.8 Å². The molecule has 9 aromatic heterocycles. The van der Waals surface area contributed by atoms with Crippen LogP contribution in [0.15, 0.2) is 183 Å². The number of aliphatic hydroxyl groups is 1. The van der Waals surface area contributed by atoms with Crippen LogP contribution in [0.4, 0.5) is 34.9 Å². The number of fused-ring (bicyclic) bond motifs is 3. The Morgan fingerprint density at radius 3 is 1.34 bits per heavy atom. The number of β-amino-alcohol motifs (C(OH)–C–C–N with tert-alkyl or cyclic N) is 1. The summed E-state index contributed by atoms with van der Waals surface area (Å²) in [4.78, 5) is 105. The number of anilines is 6. The number of piperazine rings is 1. The molecule has 2 atom stereocenters. The van der Waals surface area contributed by atoms with Crippen LogP contribution < -0.4 is 16.0 Å². The molecule has 3 amide bonds. The lowest BCUT2D eigenvalue weighted by molar-refractivity contribution is 0.0441. The number of benzene rings is 3. The van der Waals surface area contributed by atoms with Crippen LogP contribution in [0.1, 0.15) is 104 Å². The van der Waals surface area contributed by atoms with Crippen LogP contribution in [0, 0.1) is 5.92 Å². The van der Waals surface area contributed by atoms with E-state index in [1.165, 1.54) is 6.42 Å². The molecule has 3 aliphatic heterocycles. The Bertz CT molecular complexity index is 5060. The maximum absolute atomic E-state index is 13.4. The highest BCUT2D eigenvalue weighted by Crippen LogP contribution is 2.31. The van der Waals surface area contributed by atoms with Crippen LogP contribution in [0.25, 0.3) is 66.9 Å². The first kappa shape index (κ1) is 80.6. The van der Waals surface area contributed by atoms with Crippen molar-refractivity contribution in [3.63, 3.8) is 0 Å². The van der Waals surface area contributed by atoms with Gasteiger partial charge in [0.05, 0.1) is 46.9 Å². The Kier molecular flexibility index (Phi) is 28.2. The van der Waals surface area contributed by atoms with Gasteiger partial charge in [0.2, 0.25) is 17.8 Å². The van der Waals surface area contributed by atoms with E-state index in [9.17, 15) is 19.5 Å². The molecule has 3 saturated heterocycles. The zero-order valence-electron chi connectivity index (χ0n) is 66.3. The number of likely N-dealkylation sites (N-methyl/N-ethyl adjacent to an activating group) is 2. The van der Waals surface area contributed by atoms with Crippen LogP contribution in [0.5, 0.6) is 0 Å². The van der Waals surface area contributed by atoms with Crippen molar-refractivity contribution in [1.82, 2.24) is 94.1 Å². The molecule has 0 aliphatic carbocycles. The highest BCUT2D eigenvalue weighted by Gasteiger charge is 2.30. The number of hydrogen-bond donors (Lipinski definition) is 7. The number of carbonyl (C=O) groups excluding carboxylic acids is 3. The van der Waals surface area contributed by atoms with E-state index in [1.807, 2.05) is 155 Å². The first-order chi connectivity index (χ1) is 55.7. The smallest absolute Gasteiger partial charge is 0.270 e. The second-order valence-corrected chi connectivity index (χ2v) is 29.4. The number of carbonyl (C=O) groups is 3. The predicted molar refractivity (Wildman–Crippen MR) is 450 cm³/mol. The molecule has 15 rings (SSSR count). The van der Waals surface area contributed by atoms with Crippen molar-refractivity contribution in [2.24, 2.45) is 5.92 Å². The quantitative estimate of drug-likeness (QED) is 0.0214. The lowest BCUT2D eigenvalue weighted by atomic mass is 9.94. The summed E-state index contributed by atoms with van der Waals surface area (Å²) in [6, 6.07) is 46.5. The topological polar surface area (TPSA) is 303 Å². The molecule has 3 aliphatic rings. The molecule has 594 valence electrons. The lowest BCUT2D eigenvalue weighted by Crippen LogP contribution is -2.51. The summed E-state index contributed by atoms with van der Waals surface area (Å²) >= 11 is 0. The van der Waals surface area contributed by atoms with Crippen molar-refractivity contribution in [2.75, 3.05) is 141 Å². The summed E-state index contributed by atoms with van der Waals surface area (Å²) in [5, 5.41) is 23.1. The molecule has 27 nitrogen and oxygen atoms in total. The minimum Gasteiger partial charge on any atom is -0.390 e. The number of rotatable bonds is 29. The number of pyridine rings is 3. The van der Waals surface area contributed by atoms with E-state index < -0.39 is 0 Å². The molecule has 0 bridgehead atoms. The minimum atomic E-state index is -0.383. The third kappa shape index (κ3) is 21.8. The summed E-state index contributed by atoms with van der Waals surface area (Å²) < 4.78 is 5.88. The Hall–Kier alpha value is -11.5. The Morgan fingerprint density at radius 1 is 0.465 bits per heavy atom. The molecule has 0 radical (unpaired) electrons. The standard InChI is InChI=1S/C31H39N7O2.C29H36N8O2.C27H31N7O/c1-3-37(4-2)18-20-40-19-13-23-11-16-38(17-12-23)30(39)29-22-24-21-25(8-9-26(24)35-29)34-31-33-15-10-28(36-31)27-7-5-6-14-32-27;1-3-35(4-2)19-23(38)20-36-13-15-37(16-14-36)28(39)27-18-21-17-22(8-9-24(21)33-27)32-29-31-12-10-26(34-29)25-7-5-6-11-30-25;1-33(2)16-12-21-7-4-6-15-34(21)26(35)25-18-19-17-20(9-10-22(19)31-25)30-27-29-14-11-24(32-27)23-8-3-5-13-28-23/h5-10,14-15,21-23,35H,3-4,11-13,16-20H2,1-2H3,(H,33,34,36);5-12,17-18,23,33,38H,3-4,13-16,19-20H2,1-2H3,(H,31,32,34);3,5,8-11,13-14,17-18,21,31H,4,6-7,12,15-16H2,1-2H3,(H,29,30,32). The summed E-state index contributed by atoms with van der Waals surface area (Å²) in [5.41, 5.74) is 11.7. The van der Waals surface area contributed by atoms with E-state index in [2.05, 4.69) is 142 Å². The van der Waals surface area contributed by atoms with Gasteiger partial charge in [-0.1, -0.05) is 45.9 Å². The van der Waals surface area contributed by atoms with Gasteiger partial charge in [0.1, 0.15) is 17.1 Å². The SMILES string of the molecule is CCN(CC)CC(O)CN1CCN(C(=O)c2cc3cc(Nc4nccc(-c5ccccn5)n4)ccc3[nH]2)CC1.CCN(CC)CCOCCC1CCN(C(=O)c2cc3cc(Nc4nccc(-c5ccccn5)n4)ccc3[nH]2)CC1.CN(C)CCC1CCCCN1C(=O)c1cc2cc(Nc3nccc(-c4ccccn4)n3)ccc2[nH]1. The van der Waals surface area contributed by atoms with Crippen molar-refractivity contribution in [3.8, 4) is 34.2 Å². The Labute approximate surface area is 666 Å². The van der Waals surface area contributed by atoms with Crippen molar-refractivity contribution in [3.05, 3.63) is 200 Å². The van der Waals surface area contributed by atoms with E-state index in [1.54, 1.807) is 37.2 Å². The minimum absolute atomic E-state index is 0.00422. The number of likely N-dealkylation sites (tertiary alicyclic amines) is 2. The molecule has 12 heterocycles. The van der Waals surface area contributed by atoms with Gasteiger partial charge in [-0.2, -0.15) is 0 Å². The average molecular weight is 1540 g/mol. The maximum atomic E-state index is 13.4. The number of amides is 3. The number of ether oxygens (including phenoxy) is 1. The molecule has 0 spiro atoms. The number of aliphatic hydroxyl groups excluding tert-OH is 1. The fourth-order valence-electron chi connectivity index (χ4n) is 14.8. The number of H-pyrrole nitrogens is 3. The first-order valence-corrected chi connectivity index (χ1v) is 40.1. The molecule has 3 fully saturated rings. The van der Waals surface area contributed by atoms with Crippen LogP contribution in [-0.2, 0) is 4.74 Å². The summed E-state index contributed by atoms with van der Waals surface area (Å²) in [6.45, 7) is 22.7. The fourth-order valence-corrected chi connectivity index (χ4v) is 14.8. The third-order valence-corrected chi connectivity index (χ3v) is 21.4. The predicted octanol–water partition coefficient (Wildman–Crippen LogP) is 13.3. The highest BCUT2D eigenvalue weighted by atomic mass is 16.5. The van der Waals surface area contributed by atoms with Gasteiger partial charge < -0.3 is 70.1 Å². The van der Waals surface area contributed by atoms with Crippen molar-refractivity contribution < 1.29 is 24.2 Å². The maximum Gasteiger partial charge on any atom is 0.270 e. The van der Waals surface area contributed by atoms with Gasteiger partial charge in [0.25, 0.3) is 17.7 Å². The average Bonchev–Trinajstić information content (AvgIpc) is 1.67. The fraction of sp³-hybridized carbons (Fsp3) is 0.379.